The van der Waals surface area contributed by atoms with Crippen LogP contribution in [0.3, 0.4) is 0 Å². The van der Waals surface area contributed by atoms with Crippen molar-refractivity contribution in [3.63, 3.8) is 0 Å². The maximum atomic E-state index is 14.1. The highest BCUT2D eigenvalue weighted by Gasteiger charge is 2.33. The van der Waals surface area contributed by atoms with Crippen LogP contribution < -0.4 is 19.1 Å². The van der Waals surface area contributed by atoms with E-state index in [1.54, 1.807) is 31.2 Å². The number of ether oxygens (including phenoxy) is 2. The van der Waals surface area contributed by atoms with Gasteiger partial charge in [-0.15, -0.1) is 0 Å². The number of aryl methyl sites for hydroxylation is 2. The number of rotatable bonds is 13. The van der Waals surface area contributed by atoms with E-state index in [9.17, 15) is 18.0 Å². The first-order valence-electron chi connectivity index (χ1n) is 13.9. The summed E-state index contributed by atoms with van der Waals surface area (Å²) >= 11 is 0. The van der Waals surface area contributed by atoms with Crippen molar-refractivity contribution >= 4 is 27.5 Å². The van der Waals surface area contributed by atoms with Gasteiger partial charge in [-0.1, -0.05) is 54.4 Å². The quantitative estimate of drug-likeness (QED) is 0.303. The van der Waals surface area contributed by atoms with Gasteiger partial charge in [0.25, 0.3) is 10.0 Å². The van der Waals surface area contributed by atoms with Crippen LogP contribution in [-0.4, -0.2) is 58.0 Å². The predicted octanol–water partition coefficient (Wildman–Crippen LogP) is 4.85. The summed E-state index contributed by atoms with van der Waals surface area (Å²) in [6.45, 7) is 8.91. The molecule has 0 bridgehead atoms. The number of nitrogens with one attached hydrogen (secondary N) is 1. The molecule has 0 radical (unpaired) electrons. The minimum Gasteiger partial charge on any atom is -0.493 e. The molecule has 0 fully saturated rings. The van der Waals surface area contributed by atoms with Crippen molar-refractivity contribution in [1.29, 1.82) is 0 Å². The van der Waals surface area contributed by atoms with Gasteiger partial charge in [0, 0.05) is 18.7 Å². The molecule has 42 heavy (non-hydrogen) atoms. The molecular weight excluding hydrogens is 554 g/mol. The average Bonchev–Trinajstić information content (AvgIpc) is 2.98. The van der Waals surface area contributed by atoms with Crippen LogP contribution >= 0.6 is 0 Å². The topological polar surface area (TPSA) is 105 Å². The fourth-order valence-electron chi connectivity index (χ4n) is 4.28. The summed E-state index contributed by atoms with van der Waals surface area (Å²) in [5, 5.41) is 2.94. The molecule has 0 saturated heterocycles. The van der Waals surface area contributed by atoms with E-state index in [2.05, 4.69) is 5.32 Å². The standard InChI is InChI=1S/C32H41N3O6S/c1-8-24(4)33-32(37)25(5)34(20-26-13-9-22(2)10-14-26)31(36)21-35(27-15-18-29(40-6)30(19-27)41-7)42(38,39)28-16-11-23(3)12-17-28/h9-19,24-25H,8,20-21H2,1-7H3,(H,33,37)/t24-,25+/m1/s1. The molecule has 2 atom stereocenters. The molecule has 0 aliphatic heterocycles. The Morgan fingerprint density at radius 3 is 1.98 bits per heavy atom. The smallest absolute Gasteiger partial charge is 0.264 e. The van der Waals surface area contributed by atoms with Gasteiger partial charge in [-0.3, -0.25) is 13.9 Å². The molecule has 3 rings (SSSR count). The van der Waals surface area contributed by atoms with Gasteiger partial charge in [0.2, 0.25) is 11.8 Å². The summed E-state index contributed by atoms with van der Waals surface area (Å²) < 4.78 is 39.9. The molecule has 0 heterocycles. The fraction of sp³-hybridized carbons (Fsp3) is 0.375. The van der Waals surface area contributed by atoms with Gasteiger partial charge in [-0.25, -0.2) is 8.42 Å². The highest BCUT2D eigenvalue weighted by Crippen LogP contribution is 2.34. The number of hydrogen-bond donors (Lipinski definition) is 1. The van der Waals surface area contributed by atoms with E-state index >= 15 is 0 Å². The first-order valence-corrected chi connectivity index (χ1v) is 15.3. The average molecular weight is 596 g/mol. The van der Waals surface area contributed by atoms with Gasteiger partial charge in [0.05, 0.1) is 24.8 Å². The first-order chi connectivity index (χ1) is 19.9. The number of benzene rings is 3. The molecule has 1 N–H and O–H groups in total. The van der Waals surface area contributed by atoms with Crippen molar-refractivity contribution in [2.75, 3.05) is 25.1 Å². The van der Waals surface area contributed by atoms with Gasteiger partial charge in [0.1, 0.15) is 12.6 Å². The second-order valence-corrected chi connectivity index (χ2v) is 12.2. The number of carbonyl (C=O) groups is 2. The van der Waals surface area contributed by atoms with Gasteiger partial charge in [0.15, 0.2) is 11.5 Å². The Hall–Kier alpha value is -4.05. The fourth-order valence-corrected chi connectivity index (χ4v) is 5.69. The second-order valence-electron chi connectivity index (χ2n) is 10.4. The minimum atomic E-state index is -4.20. The van der Waals surface area contributed by atoms with E-state index in [4.69, 9.17) is 9.47 Å². The third kappa shape index (κ3) is 7.82. The number of methoxy groups -OCH3 is 2. The van der Waals surface area contributed by atoms with Crippen molar-refractivity contribution in [3.8, 4) is 11.5 Å². The second kappa shape index (κ2) is 14.2. The molecule has 2 amide bonds. The predicted molar refractivity (Wildman–Crippen MR) is 164 cm³/mol. The lowest BCUT2D eigenvalue weighted by molar-refractivity contribution is -0.139. The molecule has 226 valence electrons. The Balaban J connectivity index is 2.08. The van der Waals surface area contributed by atoms with E-state index in [0.717, 1.165) is 27.4 Å². The summed E-state index contributed by atoms with van der Waals surface area (Å²) in [6, 6.07) is 17.8. The molecule has 0 aromatic heterocycles. The summed E-state index contributed by atoms with van der Waals surface area (Å²) in [5.74, 6) is -0.127. The molecule has 0 saturated carbocycles. The highest BCUT2D eigenvalue weighted by atomic mass is 32.2. The third-order valence-electron chi connectivity index (χ3n) is 7.18. The molecule has 10 heteroatoms. The van der Waals surface area contributed by atoms with Crippen molar-refractivity contribution in [2.45, 2.75) is 64.6 Å². The van der Waals surface area contributed by atoms with Crippen LogP contribution in [0.1, 0.15) is 43.9 Å². The van der Waals surface area contributed by atoms with Crippen LogP contribution in [0.5, 0.6) is 11.5 Å². The maximum absolute atomic E-state index is 14.1. The van der Waals surface area contributed by atoms with E-state index in [1.807, 2.05) is 52.0 Å². The number of sulfonamides is 1. The lowest BCUT2D eigenvalue weighted by Crippen LogP contribution is -2.52. The van der Waals surface area contributed by atoms with Crippen molar-refractivity contribution in [2.24, 2.45) is 0 Å². The van der Waals surface area contributed by atoms with Crippen LogP contribution in [0.2, 0.25) is 0 Å². The van der Waals surface area contributed by atoms with Crippen molar-refractivity contribution < 1.29 is 27.5 Å². The maximum Gasteiger partial charge on any atom is 0.264 e. The summed E-state index contributed by atoms with van der Waals surface area (Å²) in [4.78, 5) is 28.7. The van der Waals surface area contributed by atoms with Crippen LogP contribution in [0, 0.1) is 13.8 Å². The third-order valence-corrected chi connectivity index (χ3v) is 8.97. The minimum absolute atomic E-state index is 0.0309. The Labute approximate surface area is 249 Å². The number of hydrogen-bond acceptors (Lipinski definition) is 6. The van der Waals surface area contributed by atoms with Crippen LogP contribution in [0.4, 0.5) is 5.69 Å². The Morgan fingerprint density at radius 2 is 1.43 bits per heavy atom. The molecule has 0 unspecified atom stereocenters. The zero-order valence-electron chi connectivity index (χ0n) is 25.4. The van der Waals surface area contributed by atoms with Gasteiger partial charge >= 0.3 is 0 Å². The van der Waals surface area contributed by atoms with Crippen molar-refractivity contribution in [1.82, 2.24) is 10.2 Å². The Bertz CT molecular complexity index is 1470. The zero-order chi connectivity index (χ0) is 31.0. The molecule has 0 aliphatic carbocycles. The molecule has 0 aliphatic rings. The molecule has 0 spiro atoms. The number of nitrogens with zero attached hydrogens (tertiary/aromatic N) is 2. The summed E-state index contributed by atoms with van der Waals surface area (Å²) in [6.07, 6.45) is 0.728. The Morgan fingerprint density at radius 1 is 0.857 bits per heavy atom. The van der Waals surface area contributed by atoms with Crippen LogP contribution in [0.25, 0.3) is 0 Å². The molecule has 3 aromatic carbocycles. The van der Waals surface area contributed by atoms with Gasteiger partial charge < -0.3 is 19.7 Å². The molecule has 3 aromatic rings. The van der Waals surface area contributed by atoms with Gasteiger partial charge in [-0.2, -0.15) is 0 Å². The lowest BCUT2D eigenvalue weighted by Gasteiger charge is -2.32. The van der Waals surface area contributed by atoms with Crippen molar-refractivity contribution in [3.05, 3.63) is 83.4 Å². The summed E-state index contributed by atoms with van der Waals surface area (Å²) in [5.41, 5.74) is 2.99. The Kier molecular flexibility index (Phi) is 11.0. The SMILES string of the molecule is CC[C@@H](C)NC(=O)[C@H](C)N(Cc1ccc(C)cc1)C(=O)CN(c1ccc(OC)c(OC)c1)S(=O)(=O)c1ccc(C)cc1. The normalized spacial score (nSPS) is 12.6. The number of carbonyl (C=O) groups excluding carboxylic acids is 2. The van der Waals surface area contributed by atoms with E-state index in [1.165, 1.54) is 37.3 Å². The monoisotopic (exact) mass is 595 g/mol. The van der Waals surface area contributed by atoms with E-state index < -0.39 is 28.5 Å². The van der Waals surface area contributed by atoms with E-state index in [-0.39, 0.29) is 29.1 Å². The van der Waals surface area contributed by atoms with Gasteiger partial charge in [-0.05, 0) is 63.9 Å². The van der Waals surface area contributed by atoms with Crippen LogP contribution in [0.15, 0.2) is 71.6 Å². The van der Waals surface area contributed by atoms with Crippen LogP contribution in [-0.2, 0) is 26.2 Å². The summed E-state index contributed by atoms with van der Waals surface area (Å²) in [7, 11) is -1.27. The van der Waals surface area contributed by atoms with E-state index in [0.29, 0.717) is 11.5 Å². The molecular formula is C32H41N3O6S. The number of amides is 2. The number of anilines is 1. The molecule has 9 nitrogen and oxygen atoms in total. The highest BCUT2D eigenvalue weighted by molar-refractivity contribution is 7.92. The zero-order valence-corrected chi connectivity index (χ0v) is 26.2. The first kappa shape index (κ1) is 32.5. The largest absolute Gasteiger partial charge is 0.493 e. The lowest BCUT2D eigenvalue weighted by atomic mass is 10.1.